The molecule has 0 N–H and O–H groups in total. The third-order valence-electron chi connectivity index (χ3n) is 4.73. The molecule has 2 aromatic rings. The SMILES string of the molecule is CCC(C)=CN(C)c1cc(N(C)c2ccc(C(=O)OC)cc2C)ncc1C. The molecule has 1 aromatic heterocycles. The first-order valence-corrected chi connectivity index (χ1v) is 9.08. The first-order chi connectivity index (χ1) is 12.8. The van der Waals surface area contributed by atoms with Crippen LogP contribution >= 0.6 is 0 Å². The summed E-state index contributed by atoms with van der Waals surface area (Å²) in [5.74, 6) is 0.515. The Balaban J connectivity index is 2.38. The van der Waals surface area contributed by atoms with Gasteiger partial charge in [0.05, 0.1) is 12.7 Å². The topological polar surface area (TPSA) is 45.7 Å². The summed E-state index contributed by atoms with van der Waals surface area (Å²) >= 11 is 0. The van der Waals surface area contributed by atoms with E-state index < -0.39 is 0 Å². The smallest absolute Gasteiger partial charge is 0.337 e. The van der Waals surface area contributed by atoms with Gasteiger partial charge < -0.3 is 14.5 Å². The molecular weight excluding hydrogens is 338 g/mol. The fourth-order valence-electron chi connectivity index (χ4n) is 2.96. The van der Waals surface area contributed by atoms with E-state index in [9.17, 15) is 4.79 Å². The van der Waals surface area contributed by atoms with Gasteiger partial charge in [0.1, 0.15) is 5.82 Å². The number of ether oxygens (including phenoxy) is 1. The van der Waals surface area contributed by atoms with Gasteiger partial charge in [0, 0.05) is 43.9 Å². The third kappa shape index (κ3) is 4.67. The van der Waals surface area contributed by atoms with E-state index in [1.807, 2.05) is 37.2 Å². The lowest BCUT2D eigenvalue weighted by Gasteiger charge is -2.24. The number of allylic oxidation sites excluding steroid dienone is 1. The number of carbonyl (C=O) groups excluding carboxylic acids is 1. The first-order valence-electron chi connectivity index (χ1n) is 9.08. The van der Waals surface area contributed by atoms with Gasteiger partial charge in [-0.1, -0.05) is 12.5 Å². The molecule has 0 spiro atoms. The maximum atomic E-state index is 11.7. The molecule has 5 nitrogen and oxygen atoms in total. The minimum atomic E-state index is -0.331. The van der Waals surface area contributed by atoms with Crippen molar-refractivity contribution in [3.8, 4) is 0 Å². The minimum Gasteiger partial charge on any atom is -0.465 e. The van der Waals surface area contributed by atoms with Crippen LogP contribution in [-0.4, -0.2) is 32.2 Å². The number of hydrogen-bond donors (Lipinski definition) is 0. The molecule has 1 heterocycles. The van der Waals surface area contributed by atoms with Crippen molar-refractivity contribution in [2.45, 2.75) is 34.1 Å². The molecule has 0 fully saturated rings. The molecule has 2 rings (SSSR count). The second kappa shape index (κ2) is 8.71. The van der Waals surface area contributed by atoms with E-state index in [2.05, 4.69) is 50.0 Å². The highest BCUT2D eigenvalue weighted by Gasteiger charge is 2.14. The molecule has 0 radical (unpaired) electrons. The van der Waals surface area contributed by atoms with Crippen molar-refractivity contribution in [1.29, 1.82) is 0 Å². The lowest BCUT2D eigenvalue weighted by atomic mass is 10.1. The zero-order valence-corrected chi connectivity index (χ0v) is 17.3. The van der Waals surface area contributed by atoms with Crippen molar-refractivity contribution >= 4 is 23.2 Å². The maximum Gasteiger partial charge on any atom is 0.337 e. The number of methoxy groups -OCH3 is 1. The zero-order valence-electron chi connectivity index (χ0n) is 17.3. The summed E-state index contributed by atoms with van der Waals surface area (Å²) in [6.07, 6.45) is 5.07. The molecule has 0 aliphatic rings. The van der Waals surface area contributed by atoms with Crippen LogP contribution in [0.1, 0.15) is 41.8 Å². The Bertz CT molecular complexity index is 859. The molecule has 0 amide bonds. The van der Waals surface area contributed by atoms with E-state index in [-0.39, 0.29) is 5.97 Å². The number of rotatable bonds is 6. The Morgan fingerprint density at radius 3 is 2.44 bits per heavy atom. The standard InChI is InChI=1S/C22H29N3O2/c1-8-15(2)14-24(5)20-12-21(23-13-17(20)4)25(6)19-10-9-18(11-16(19)3)22(26)27-7/h9-14H,8H2,1-7H3. The van der Waals surface area contributed by atoms with Gasteiger partial charge in [-0.15, -0.1) is 0 Å². The Kier molecular flexibility index (Phi) is 6.61. The molecule has 1 aromatic carbocycles. The fourth-order valence-corrected chi connectivity index (χ4v) is 2.96. The summed E-state index contributed by atoms with van der Waals surface area (Å²) in [7, 11) is 5.43. The second-order valence-electron chi connectivity index (χ2n) is 6.82. The van der Waals surface area contributed by atoms with E-state index >= 15 is 0 Å². The Labute approximate surface area is 162 Å². The molecule has 0 saturated carbocycles. The second-order valence-corrected chi connectivity index (χ2v) is 6.82. The summed E-state index contributed by atoms with van der Waals surface area (Å²) in [5.41, 5.74) is 6.07. The van der Waals surface area contributed by atoms with E-state index in [4.69, 9.17) is 4.74 Å². The van der Waals surface area contributed by atoms with Crippen LogP contribution in [0.25, 0.3) is 0 Å². The number of anilines is 3. The van der Waals surface area contributed by atoms with E-state index in [1.54, 1.807) is 6.07 Å². The Morgan fingerprint density at radius 1 is 1.15 bits per heavy atom. The van der Waals surface area contributed by atoms with Crippen molar-refractivity contribution in [3.63, 3.8) is 0 Å². The highest BCUT2D eigenvalue weighted by molar-refractivity contribution is 5.90. The molecule has 5 heteroatoms. The number of nitrogens with zero attached hydrogens (tertiary/aromatic N) is 3. The number of pyridine rings is 1. The minimum absolute atomic E-state index is 0.331. The zero-order chi connectivity index (χ0) is 20.1. The van der Waals surface area contributed by atoms with E-state index in [0.29, 0.717) is 5.56 Å². The number of carbonyl (C=O) groups is 1. The molecule has 0 unspecified atom stereocenters. The molecule has 0 atom stereocenters. The van der Waals surface area contributed by atoms with E-state index in [1.165, 1.54) is 12.7 Å². The third-order valence-corrected chi connectivity index (χ3v) is 4.73. The van der Waals surface area contributed by atoms with Crippen molar-refractivity contribution in [1.82, 2.24) is 4.98 Å². The first kappa shape index (κ1) is 20.5. The maximum absolute atomic E-state index is 11.7. The molecule has 27 heavy (non-hydrogen) atoms. The quantitative estimate of drug-likeness (QED) is 0.672. The fraction of sp³-hybridized carbons (Fsp3) is 0.364. The molecule has 0 aliphatic heterocycles. The van der Waals surface area contributed by atoms with Crippen LogP contribution in [0.4, 0.5) is 17.2 Å². The van der Waals surface area contributed by atoms with Crippen molar-refractivity contribution < 1.29 is 9.53 Å². The largest absolute Gasteiger partial charge is 0.465 e. The van der Waals surface area contributed by atoms with Gasteiger partial charge in [0.2, 0.25) is 0 Å². The van der Waals surface area contributed by atoms with Crippen molar-refractivity contribution in [2.24, 2.45) is 0 Å². The number of aryl methyl sites for hydroxylation is 2. The van der Waals surface area contributed by atoms with Gasteiger partial charge >= 0.3 is 5.97 Å². The van der Waals surface area contributed by atoms with Gasteiger partial charge in [-0.25, -0.2) is 9.78 Å². The van der Waals surface area contributed by atoms with Gasteiger partial charge in [0.25, 0.3) is 0 Å². The van der Waals surface area contributed by atoms with E-state index in [0.717, 1.165) is 34.7 Å². The van der Waals surface area contributed by atoms with Crippen LogP contribution in [0.5, 0.6) is 0 Å². The van der Waals surface area contributed by atoms with Crippen LogP contribution in [0.15, 0.2) is 42.2 Å². The number of benzene rings is 1. The van der Waals surface area contributed by atoms with Gasteiger partial charge in [-0.2, -0.15) is 0 Å². The summed E-state index contributed by atoms with van der Waals surface area (Å²) in [6.45, 7) is 8.33. The lowest BCUT2D eigenvalue weighted by molar-refractivity contribution is 0.0600. The Morgan fingerprint density at radius 2 is 1.85 bits per heavy atom. The molecule has 0 bridgehead atoms. The average molecular weight is 367 g/mol. The van der Waals surface area contributed by atoms with Crippen molar-refractivity contribution in [3.05, 3.63) is 58.9 Å². The average Bonchev–Trinajstić information content (AvgIpc) is 2.66. The molecule has 0 aliphatic carbocycles. The summed E-state index contributed by atoms with van der Waals surface area (Å²) in [5, 5.41) is 0. The molecular formula is C22H29N3O2. The van der Waals surface area contributed by atoms with Gasteiger partial charge in [0.15, 0.2) is 0 Å². The number of aromatic nitrogens is 1. The lowest BCUT2D eigenvalue weighted by Crippen LogP contribution is -2.16. The number of hydrogen-bond acceptors (Lipinski definition) is 5. The van der Waals surface area contributed by atoms with Crippen LogP contribution in [0, 0.1) is 13.8 Å². The normalized spacial score (nSPS) is 11.3. The summed E-state index contributed by atoms with van der Waals surface area (Å²) < 4.78 is 4.80. The van der Waals surface area contributed by atoms with Crippen LogP contribution in [-0.2, 0) is 4.74 Å². The highest BCUT2D eigenvalue weighted by Crippen LogP contribution is 2.30. The highest BCUT2D eigenvalue weighted by atomic mass is 16.5. The Hall–Kier alpha value is -2.82. The summed E-state index contributed by atoms with van der Waals surface area (Å²) in [4.78, 5) is 20.5. The predicted molar refractivity (Wildman–Crippen MR) is 112 cm³/mol. The van der Waals surface area contributed by atoms with Gasteiger partial charge in [-0.05, 0) is 56.5 Å². The molecule has 144 valence electrons. The number of esters is 1. The van der Waals surface area contributed by atoms with Crippen LogP contribution in [0.3, 0.4) is 0 Å². The monoisotopic (exact) mass is 367 g/mol. The van der Waals surface area contributed by atoms with Crippen LogP contribution < -0.4 is 9.80 Å². The van der Waals surface area contributed by atoms with Crippen LogP contribution in [0.2, 0.25) is 0 Å². The molecule has 0 saturated heterocycles. The van der Waals surface area contributed by atoms with Crippen molar-refractivity contribution in [2.75, 3.05) is 31.0 Å². The van der Waals surface area contributed by atoms with Gasteiger partial charge in [-0.3, -0.25) is 0 Å². The summed E-state index contributed by atoms with van der Waals surface area (Å²) in [6, 6.07) is 7.63. The predicted octanol–water partition coefficient (Wildman–Crippen LogP) is 5.00.